The monoisotopic (exact) mass is 645 g/mol. The van der Waals surface area contributed by atoms with Crippen molar-refractivity contribution in [3.63, 3.8) is 0 Å². The van der Waals surface area contributed by atoms with Crippen molar-refractivity contribution in [2.45, 2.75) is 116 Å². The summed E-state index contributed by atoms with van der Waals surface area (Å²) in [5, 5.41) is 0. The molecule has 1 rings (SSSR count). The minimum atomic E-state index is -0.556. The number of hydrogen-bond donors (Lipinski definition) is 0. The molecule has 240 valence electrons. The summed E-state index contributed by atoms with van der Waals surface area (Å²) in [4.78, 5) is 40.1. The number of rotatable bonds is 27. The van der Waals surface area contributed by atoms with Crippen molar-refractivity contribution in [1.29, 1.82) is 0 Å². The van der Waals surface area contributed by atoms with E-state index in [0.717, 1.165) is 18.1 Å². The maximum absolute atomic E-state index is 13.4. The minimum Gasteiger partial charge on any atom is -0.357 e. The van der Waals surface area contributed by atoms with E-state index in [9.17, 15) is 14.4 Å². The van der Waals surface area contributed by atoms with Crippen molar-refractivity contribution < 1.29 is 28.4 Å². The van der Waals surface area contributed by atoms with Crippen molar-refractivity contribution in [3.05, 3.63) is 31.5 Å². The lowest BCUT2D eigenvalue weighted by molar-refractivity contribution is -0.0830. The summed E-state index contributed by atoms with van der Waals surface area (Å²) >= 11 is 0. The molecule has 0 atom stereocenters. The highest BCUT2D eigenvalue weighted by atomic mass is 28.2. The van der Waals surface area contributed by atoms with Gasteiger partial charge in [-0.15, -0.1) is 0 Å². The average molecular weight is 646 g/mol. The molecule has 0 unspecified atom stereocenters. The molecule has 1 aromatic rings. The van der Waals surface area contributed by atoms with Gasteiger partial charge in [-0.2, -0.15) is 0 Å². The standard InChI is InChI=1S/C27H51N3O9Si3/c1-7-34-25(35-8-2)40-19-13-16-28-22(31)29(17-14-20-41-26(36-9-3)37-10-4)24(33)30(23(28)32)18-15-21-42-27(38-11-5)39-12-6/h25-27H,7-21H2,1-6H3. The molecule has 42 heavy (non-hydrogen) atoms. The zero-order valence-corrected chi connectivity index (χ0v) is 29.4. The topological polar surface area (TPSA) is 121 Å². The molecular weight excluding hydrogens is 595 g/mol. The number of nitrogens with zero attached hydrogens (tertiary/aromatic N) is 3. The van der Waals surface area contributed by atoms with Gasteiger partial charge in [0.25, 0.3) is 0 Å². The second-order valence-electron chi connectivity index (χ2n) is 8.95. The van der Waals surface area contributed by atoms with E-state index in [0.29, 0.717) is 87.5 Å². The Morgan fingerprint density at radius 3 is 0.857 bits per heavy atom. The molecule has 0 N–H and O–H groups in total. The summed E-state index contributed by atoms with van der Waals surface area (Å²) in [6.45, 7) is 15.5. The lowest BCUT2D eigenvalue weighted by Gasteiger charge is -2.18. The summed E-state index contributed by atoms with van der Waals surface area (Å²) in [6, 6.07) is 2.22. The molecule has 1 heterocycles. The Kier molecular flexibility index (Phi) is 22.4. The number of hydrogen-bond acceptors (Lipinski definition) is 9. The molecule has 1 aromatic heterocycles. The zero-order chi connectivity index (χ0) is 31.2. The summed E-state index contributed by atoms with van der Waals surface area (Å²) in [6.07, 6.45) is 1.79. The van der Waals surface area contributed by atoms with Gasteiger partial charge in [-0.3, -0.25) is 0 Å². The predicted octanol–water partition coefficient (Wildman–Crippen LogP) is 1.78. The molecule has 6 radical (unpaired) electrons. The fraction of sp³-hybridized carbons (Fsp3) is 0.889. The van der Waals surface area contributed by atoms with Crippen LogP contribution in [0.15, 0.2) is 14.4 Å². The predicted molar refractivity (Wildman–Crippen MR) is 166 cm³/mol. The Morgan fingerprint density at radius 2 is 0.667 bits per heavy atom. The van der Waals surface area contributed by atoms with Crippen LogP contribution in [0.25, 0.3) is 0 Å². The number of aromatic nitrogens is 3. The molecule has 0 amide bonds. The average Bonchev–Trinajstić information content (AvgIpc) is 2.96. The van der Waals surface area contributed by atoms with Gasteiger partial charge in [0, 0.05) is 59.3 Å². The fourth-order valence-corrected chi connectivity index (χ4v) is 7.53. The molecule has 0 aliphatic heterocycles. The smallest absolute Gasteiger partial charge is 0.336 e. The largest absolute Gasteiger partial charge is 0.357 e. The molecule has 0 fully saturated rings. The van der Waals surface area contributed by atoms with Crippen molar-refractivity contribution in [1.82, 2.24) is 13.7 Å². The molecular formula is C27H51N3O9Si3. The van der Waals surface area contributed by atoms with Gasteiger partial charge in [-0.05, 0) is 60.8 Å². The maximum Gasteiger partial charge on any atom is 0.336 e. The maximum atomic E-state index is 13.4. The minimum absolute atomic E-state index is 0.229. The van der Waals surface area contributed by atoms with E-state index in [-0.39, 0.29) is 37.4 Å². The van der Waals surface area contributed by atoms with E-state index in [2.05, 4.69) is 0 Å². The van der Waals surface area contributed by atoms with Crippen LogP contribution >= 0.6 is 0 Å². The van der Waals surface area contributed by atoms with E-state index in [1.165, 1.54) is 13.7 Å². The Balaban J connectivity index is 3.05. The summed E-state index contributed by atoms with van der Waals surface area (Å²) in [7, 11) is 1.16. The first-order valence-electron chi connectivity index (χ1n) is 15.2. The van der Waals surface area contributed by atoms with Gasteiger partial charge >= 0.3 is 17.1 Å². The summed E-state index contributed by atoms with van der Waals surface area (Å²) < 4.78 is 37.3. The van der Waals surface area contributed by atoms with Crippen LogP contribution in [-0.4, -0.2) is 99.6 Å². The van der Waals surface area contributed by atoms with Gasteiger partial charge in [0.1, 0.15) is 46.3 Å². The molecule has 15 heteroatoms. The van der Waals surface area contributed by atoms with Crippen LogP contribution in [0.3, 0.4) is 0 Å². The van der Waals surface area contributed by atoms with Crippen LogP contribution in [0.5, 0.6) is 0 Å². The normalized spacial score (nSPS) is 11.9. The highest BCUT2D eigenvalue weighted by Gasteiger charge is 2.17. The highest BCUT2D eigenvalue weighted by molar-refractivity contribution is 6.37. The molecule has 0 aliphatic carbocycles. The first-order chi connectivity index (χ1) is 20.4. The second kappa shape index (κ2) is 24.2. The van der Waals surface area contributed by atoms with Crippen molar-refractivity contribution in [2.75, 3.05) is 39.6 Å². The second-order valence-corrected chi connectivity index (χ2v) is 13.1. The molecule has 0 bridgehead atoms. The van der Waals surface area contributed by atoms with E-state index in [1.54, 1.807) is 0 Å². The lowest BCUT2D eigenvalue weighted by Crippen LogP contribution is -2.54. The Labute approximate surface area is 257 Å². The van der Waals surface area contributed by atoms with Crippen LogP contribution < -0.4 is 17.1 Å². The molecule has 0 saturated heterocycles. The van der Waals surface area contributed by atoms with Gasteiger partial charge in [-0.25, -0.2) is 28.1 Å². The summed E-state index contributed by atoms with van der Waals surface area (Å²) in [5.41, 5.74) is -1.67. The third-order valence-electron chi connectivity index (χ3n) is 5.90. The third kappa shape index (κ3) is 14.5. The molecule has 0 saturated carbocycles. The first-order valence-corrected chi connectivity index (χ1v) is 19.1. The quantitative estimate of drug-likeness (QED) is 0.0801. The fourth-order valence-electron chi connectivity index (χ4n) is 4.03. The highest BCUT2D eigenvalue weighted by Crippen LogP contribution is 2.03. The van der Waals surface area contributed by atoms with Crippen molar-refractivity contribution >= 4 is 28.6 Å². The van der Waals surface area contributed by atoms with Gasteiger partial charge in [0.15, 0.2) is 0 Å². The van der Waals surface area contributed by atoms with E-state index in [1.807, 2.05) is 41.5 Å². The molecule has 0 spiro atoms. The Bertz CT molecular complexity index is 834. The van der Waals surface area contributed by atoms with Crippen molar-refractivity contribution in [3.8, 4) is 0 Å². The van der Waals surface area contributed by atoms with Crippen LogP contribution in [0, 0.1) is 0 Å². The Morgan fingerprint density at radius 1 is 0.452 bits per heavy atom. The van der Waals surface area contributed by atoms with Crippen LogP contribution in [0.4, 0.5) is 0 Å². The molecule has 12 nitrogen and oxygen atoms in total. The van der Waals surface area contributed by atoms with Crippen LogP contribution in [0.2, 0.25) is 18.1 Å². The molecule has 0 aliphatic rings. The number of ether oxygens (including phenoxy) is 6. The van der Waals surface area contributed by atoms with Crippen molar-refractivity contribution in [2.24, 2.45) is 0 Å². The van der Waals surface area contributed by atoms with E-state index >= 15 is 0 Å². The van der Waals surface area contributed by atoms with Gasteiger partial charge in [0.2, 0.25) is 0 Å². The lowest BCUT2D eigenvalue weighted by atomic mass is 10.4. The van der Waals surface area contributed by atoms with Gasteiger partial charge in [-0.1, -0.05) is 18.1 Å². The van der Waals surface area contributed by atoms with Crippen LogP contribution in [-0.2, 0) is 48.1 Å². The van der Waals surface area contributed by atoms with E-state index < -0.39 is 17.1 Å². The SMILES string of the molecule is CCOC(OCC)[Si]CCCn1c(=O)n(CCC[Si]C(OCC)OCC)c(=O)n(CCC[Si]C(OCC)OCC)c1=O. The van der Waals surface area contributed by atoms with Crippen LogP contribution in [0.1, 0.15) is 60.8 Å². The van der Waals surface area contributed by atoms with Gasteiger partial charge < -0.3 is 28.4 Å². The first kappa shape index (κ1) is 38.8. The third-order valence-corrected chi connectivity index (χ3v) is 9.83. The van der Waals surface area contributed by atoms with Gasteiger partial charge in [0.05, 0.1) is 0 Å². The molecule has 0 aromatic carbocycles. The summed E-state index contributed by atoms with van der Waals surface area (Å²) in [5.74, 6) is -0.838. The van der Waals surface area contributed by atoms with E-state index in [4.69, 9.17) is 28.4 Å². The zero-order valence-electron chi connectivity index (χ0n) is 26.4. The Hall–Kier alpha value is -1.18.